The lowest BCUT2D eigenvalue weighted by Crippen LogP contribution is -2.38. The number of nitrogens with zero attached hydrogens (tertiary/aromatic N) is 2. The minimum absolute atomic E-state index is 0.136. The van der Waals surface area contributed by atoms with Crippen LogP contribution in [0.3, 0.4) is 0 Å². The molecule has 2 aliphatic rings. The lowest BCUT2D eigenvalue weighted by molar-refractivity contribution is 0.0353. The SMILES string of the molecule is Cc1ccc2oc3c(c(=O)c2c1)C(c1cccc(Oc2ccccc2)c1)N(CCCN1CCOCC1)C3=O. The molecule has 38 heavy (non-hydrogen) atoms. The summed E-state index contributed by atoms with van der Waals surface area (Å²) in [6.45, 7) is 6.55. The molecule has 1 atom stereocenters. The predicted octanol–water partition coefficient (Wildman–Crippen LogP) is 5.16. The summed E-state index contributed by atoms with van der Waals surface area (Å²) in [6.07, 6.45) is 0.781. The van der Waals surface area contributed by atoms with Gasteiger partial charge in [-0.2, -0.15) is 0 Å². The van der Waals surface area contributed by atoms with Gasteiger partial charge < -0.3 is 18.8 Å². The monoisotopic (exact) mass is 510 g/mol. The van der Waals surface area contributed by atoms with Crippen molar-refractivity contribution in [2.45, 2.75) is 19.4 Å². The van der Waals surface area contributed by atoms with Crippen molar-refractivity contribution >= 4 is 16.9 Å². The molecule has 0 saturated carbocycles. The molecule has 3 heterocycles. The lowest BCUT2D eigenvalue weighted by Gasteiger charge is -2.29. The fourth-order valence-corrected chi connectivity index (χ4v) is 5.37. The van der Waals surface area contributed by atoms with E-state index in [1.807, 2.05) is 73.7 Å². The fraction of sp³-hybridized carbons (Fsp3) is 0.290. The van der Waals surface area contributed by atoms with Crippen LogP contribution in [0.1, 0.15) is 39.7 Å². The van der Waals surface area contributed by atoms with Gasteiger partial charge in [0.25, 0.3) is 5.91 Å². The molecule has 7 nitrogen and oxygen atoms in total. The molecule has 7 heteroatoms. The van der Waals surface area contributed by atoms with Gasteiger partial charge in [0, 0.05) is 26.2 Å². The van der Waals surface area contributed by atoms with Crippen LogP contribution < -0.4 is 10.2 Å². The number of hydrogen-bond acceptors (Lipinski definition) is 6. The summed E-state index contributed by atoms with van der Waals surface area (Å²) < 4.78 is 17.7. The first-order valence-electron chi connectivity index (χ1n) is 13.1. The first-order chi connectivity index (χ1) is 18.6. The Kier molecular flexibility index (Phi) is 6.70. The molecule has 0 aliphatic carbocycles. The van der Waals surface area contributed by atoms with Gasteiger partial charge in [-0.15, -0.1) is 0 Å². The Hall–Kier alpha value is -3.94. The van der Waals surface area contributed by atoms with E-state index in [9.17, 15) is 9.59 Å². The summed E-state index contributed by atoms with van der Waals surface area (Å²) in [5.74, 6) is 1.25. The van der Waals surface area contributed by atoms with E-state index in [1.54, 1.807) is 11.0 Å². The van der Waals surface area contributed by atoms with E-state index >= 15 is 0 Å². The van der Waals surface area contributed by atoms with Crippen LogP contribution in [0, 0.1) is 6.92 Å². The largest absolute Gasteiger partial charge is 0.457 e. The molecule has 0 bridgehead atoms. The van der Waals surface area contributed by atoms with Crippen LogP contribution in [0.2, 0.25) is 0 Å². The molecule has 1 saturated heterocycles. The average Bonchev–Trinajstić information content (AvgIpc) is 3.22. The Morgan fingerprint density at radius 1 is 0.895 bits per heavy atom. The van der Waals surface area contributed by atoms with Crippen LogP contribution in [0.25, 0.3) is 11.0 Å². The summed E-state index contributed by atoms with van der Waals surface area (Å²) in [6, 6.07) is 22.1. The molecule has 3 aromatic carbocycles. The highest BCUT2D eigenvalue weighted by Gasteiger charge is 2.42. The quantitative estimate of drug-likeness (QED) is 0.342. The second-order valence-corrected chi connectivity index (χ2v) is 9.87. The van der Waals surface area contributed by atoms with E-state index in [-0.39, 0.29) is 17.1 Å². The zero-order valence-electron chi connectivity index (χ0n) is 21.4. The zero-order chi connectivity index (χ0) is 26.1. The van der Waals surface area contributed by atoms with Gasteiger partial charge in [-0.1, -0.05) is 42.0 Å². The molecule has 0 N–H and O–H groups in total. The molecule has 1 unspecified atom stereocenters. The number of fused-ring (bicyclic) bond motifs is 2. The highest BCUT2D eigenvalue weighted by molar-refractivity contribution is 5.99. The van der Waals surface area contributed by atoms with Crippen LogP contribution in [0.5, 0.6) is 11.5 Å². The number of morpholine rings is 1. The lowest BCUT2D eigenvalue weighted by atomic mass is 9.98. The van der Waals surface area contributed by atoms with Gasteiger partial charge in [0.15, 0.2) is 5.43 Å². The first kappa shape index (κ1) is 24.4. The molecule has 1 fully saturated rings. The first-order valence-corrected chi connectivity index (χ1v) is 13.1. The highest BCUT2D eigenvalue weighted by atomic mass is 16.5. The minimum Gasteiger partial charge on any atom is -0.457 e. The Morgan fingerprint density at radius 3 is 2.50 bits per heavy atom. The molecule has 6 rings (SSSR count). The zero-order valence-corrected chi connectivity index (χ0v) is 21.4. The average molecular weight is 511 g/mol. The van der Waals surface area contributed by atoms with Crippen molar-refractivity contribution in [3.8, 4) is 11.5 Å². The standard InChI is InChI=1S/C31H30N2O5/c1-21-11-12-26-25(19-21)29(34)27-28(22-7-5-10-24(20-22)37-23-8-3-2-4-9-23)33(31(35)30(27)38-26)14-6-13-32-15-17-36-18-16-32/h2-5,7-12,19-20,28H,6,13-18H2,1H3. The van der Waals surface area contributed by atoms with Gasteiger partial charge in [-0.05, 0) is 55.3 Å². The molecular formula is C31H30N2O5. The Bertz CT molecular complexity index is 1520. The highest BCUT2D eigenvalue weighted by Crippen LogP contribution is 2.39. The Balaban J connectivity index is 1.38. The number of carbonyl (C=O) groups excluding carboxylic acids is 1. The number of amides is 1. The van der Waals surface area contributed by atoms with Crippen molar-refractivity contribution in [1.29, 1.82) is 0 Å². The third-order valence-corrected chi connectivity index (χ3v) is 7.25. The molecule has 0 radical (unpaired) electrons. The summed E-state index contributed by atoms with van der Waals surface area (Å²) >= 11 is 0. The van der Waals surface area contributed by atoms with Crippen molar-refractivity contribution in [3.05, 3.63) is 105 Å². The molecule has 194 valence electrons. The number of ether oxygens (including phenoxy) is 2. The fourth-order valence-electron chi connectivity index (χ4n) is 5.37. The molecular weight excluding hydrogens is 480 g/mol. The third kappa shape index (κ3) is 4.71. The van der Waals surface area contributed by atoms with Crippen molar-refractivity contribution in [1.82, 2.24) is 9.80 Å². The maximum Gasteiger partial charge on any atom is 0.290 e. The third-order valence-electron chi connectivity index (χ3n) is 7.25. The van der Waals surface area contributed by atoms with Crippen LogP contribution in [-0.2, 0) is 4.74 Å². The van der Waals surface area contributed by atoms with E-state index in [1.165, 1.54) is 0 Å². The van der Waals surface area contributed by atoms with Crippen molar-refractivity contribution in [3.63, 3.8) is 0 Å². The molecule has 2 aliphatic heterocycles. The van der Waals surface area contributed by atoms with Gasteiger partial charge in [-0.3, -0.25) is 14.5 Å². The predicted molar refractivity (Wildman–Crippen MR) is 145 cm³/mol. The summed E-state index contributed by atoms with van der Waals surface area (Å²) in [7, 11) is 0. The summed E-state index contributed by atoms with van der Waals surface area (Å²) in [4.78, 5) is 31.7. The smallest absolute Gasteiger partial charge is 0.290 e. The van der Waals surface area contributed by atoms with Crippen LogP contribution >= 0.6 is 0 Å². The molecule has 0 spiro atoms. The van der Waals surface area contributed by atoms with Gasteiger partial charge in [-0.25, -0.2) is 0 Å². The van der Waals surface area contributed by atoms with Crippen molar-refractivity contribution < 1.29 is 18.7 Å². The van der Waals surface area contributed by atoms with Crippen LogP contribution in [-0.4, -0.2) is 55.1 Å². The van der Waals surface area contributed by atoms with E-state index in [0.717, 1.165) is 56.1 Å². The number of carbonyl (C=O) groups is 1. The number of hydrogen-bond donors (Lipinski definition) is 0. The second kappa shape index (κ2) is 10.4. The van der Waals surface area contributed by atoms with Crippen molar-refractivity contribution in [2.24, 2.45) is 0 Å². The van der Waals surface area contributed by atoms with Crippen LogP contribution in [0.15, 0.2) is 82.0 Å². The second-order valence-electron chi connectivity index (χ2n) is 9.87. The van der Waals surface area contributed by atoms with E-state index in [2.05, 4.69) is 4.90 Å². The topological polar surface area (TPSA) is 72.2 Å². The maximum atomic E-state index is 13.9. The van der Waals surface area contributed by atoms with E-state index < -0.39 is 6.04 Å². The van der Waals surface area contributed by atoms with Gasteiger partial charge >= 0.3 is 0 Å². The van der Waals surface area contributed by atoms with E-state index in [4.69, 9.17) is 13.9 Å². The number of para-hydroxylation sites is 1. The number of rotatable bonds is 7. The van der Waals surface area contributed by atoms with Gasteiger partial charge in [0.1, 0.15) is 17.1 Å². The molecule has 1 aromatic heterocycles. The normalized spacial score (nSPS) is 17.7. The summed E-state index contributed by atoms with van der Waals surface area (Å²) in [5.41, 5.74) is 2.45. The van der Waals surface area contributed by atoms with Crippen molar-refractivity contribution in [2.75, 3.05) is 39.4 Å². The Labute approximate surface area is 221 Å². The maximum absolute atomic E-state index is 13.9. The van der Waals surface area contributed by atoms with Crippen LogP contribution in [0.4, 0.5) is 0 Å². The van der Waals surface area contributed by atoms with Gasteiger partial charge in [0.2, 0.25) is 5.76 Å². The molecule has 4 aromatic rings. The molecule has 1 amide bonds. The van der Waals surface area contributed by atoms with E-state index in [0.29, 0.717) is 28.8 Å². The summed E-state index contributed by atoms with van der Waals surface area (Å²) in [5, 5.41) is 0.494. The van der Waals surface area contributed by atoms with Gasteiger partial charge in [0.05, 0.1) is 30.2 Å². The number of benzene rings is 3. The number of aryl methyl sites for hydroxylation is 1. The Morgan fingerprint density at radius 2 is 1.68 bits per heavy atom. The minimum atomic E-state index is -0.553.